The van der Waals surface area contributed by atoms with E-state index >= 15 is 0 Å². The number of carbonyl (C=O) groups excluding carboxylic acids is 1. The molecular formula is C14H30N2O2+2. The number of ether oxygens (including phenoxy) is 1. The Morgan fingerprint density at radius 2 is 1.89 bits per heavy atom. The monoisotopic (exact) mass is 258 g/mol. The Hall–Kier alpha value is -0.610. The molecule has 1 rings (SSSR count). The van der Waals surface area contributed by atoms with Crippen molar-refractivity contribution >= 4 is 5.97 Å². The first-order chi connectivity index (χ1) is 8.14. The molecule has 0 N–H and O–H groups in total. The highest BCUT2D eigenvalue weighted by Crippen LogP contribution is 2.28. The number of piperidine rings is 1. The highest BCUT2D eigenvalue weighted by molar-refractivity contribution is 5.74. The molecule has 0 saturated carbocycles. The van der Waals surface area contributed by atoms with Crippen LogP contribution in [0.15, 0.2) is 0 Å². The van der Waals surface area contributed by atoms with E-state index in [1.807, 2.05) is 0 Å². The second-order valence-electron chi connectivity index (χ2n) is 7.11. The Morgan fingerprint density at radius 3 is 2.44 bits per heavy atom. The van der Waals surface area contributed by atoms with Gasteiger partial charge in [-0.15, -0.1) is 0 Å². The van der Waals surface area contributed by atoms with E-state index < -0.39 is 0 Å². The molecule has 4 nitrogen and oxygen atoms in total. The fourth-order valence-corrected chi connectivity index (χ4v) is 2.49. The predicted molar refractivity (Wildman–Crippen MR) is 73.1 cm³/mol. The van der Waals surface area contributed by atoms with Crippen molar-refractivity contribution in [3.05, 3.63) is 0 Å². The van der Waals surface area contributed by atoms with Crippen LogP contribution in [0.3, 0.4) is 0 Å². The number of likely N-dealkylation sites (N-methyl/N-ethyl adjacent to an activating group) is 2. The minimum atomic E-state index is -0.0139. The van der Waals surface area contributed by atoms with Crippen LogP contribution in [0.2, 0.25) is 0 Å². The van der Waals surface area contributed by atoms with Crippen molar-refractivity contribution in [2.24, 2.45) is 0 Å². The Morgan fingerprint density at radius 1 is 1.28 bits per heavy atom. The summed E-state index contributed by atoms with van der Waals surface area (Å²) in [6.45, 7) is 3.61. The fraction of sp³-hybridized carbons (Fsp3) is 0.929. The summed E-state index contributed by atoms with van der Waals surface area (Å²) >= 11 is 0. The maximum atomic E-state index is 12.2. The molecule has 1 fully saturated rings. The van der Waals surface area contributed by atoms with Gasteiger partial charge in [-0.2, -0.15) is 0 Å². The molecule has 0 aromatic heterocycles. The summed E-state index contributed by atoms with van der Waals surface area (Å²) in [5, 5.41) is 0. The van der Waals surface area contributed by atoms with Crippen LogP contribution in [-0.4, -0.2) is 75.4 Å². The SMILES string of the molecule is C[C@H]1CCC[C@@H](C(=O)OCC[N+](C)(C)C)[N+]1(C)C. The van der Waals surface area contributed by atoms with Crippen molar-refractivity contribution < 1.29 is 18.5 Å². The van der Waals surface area contributed by atoms with Gasteiger partial charge in [-0.1, -0.05) is 0 Å². The molecule has 1 heterocycles. The van der Waals surface area contributed by atoms with Gasteiger partial charge in [0.1, 0.15) is 13.2 Å². The van der Waals surface area contributed by atoms with Gasteiger partial charge >= 0.3 is 5.97 Å². The second kappa shape index (κ2) is 5.57. The Labute approximate surface area is 112 Å². The van der Waals surface area contributed by atoms with Gasteiger partial charge in [0.25, 0.3) is 0 Å². The van der Waals surface area contributed by atoms with E-state index in [0.717, 1.165) is 28.4 Å². The lowest BCUT2D eigenvalue weighted by molar-refractivity contribution is -0.934. The van der Waals surface area contributed by atoms with Crippen LogP contribution in [0.1, 0.15) is 26.2 Å². The number of likely N-dealkylation sites (tertiary alicyclic amines) is 1. The topological polar surface area (TPSA) is 26.3 Å². The first kappa shape index (κ1) is 15.4. The first-order valence-corrected chi connectivity index (χ1v) is 6.95. The molecule has 2 atom stereocenters. The zero-order valence-corrected chi connectivity index (χ0v) is 12.9. The van der Waals surface area contributed by atoms with Crippen molar-refractivity contribution in [3.63, 3.8) is 0 Å². The van der Waals surface area contributed by atoms with Crippen LogP contribution in [0.25, 0.3) is 0 Å². The molecule has 0 aromatic rings. The Bertz CT molecular complexity index is 295. The maximum Gasteiger partial charge on any atom is 0.365 e. The van der Waals surface area contributed by atoms with Gasteiger partial charge < -0.3 is 13.7 Å². The molecule has 0 aromatic carbocycles. The lowest BCUT2D eigenvalue weighted by Crippen LogP contribution is -2.60. The van der Waals surface area contributed by atoms with E-state index in [9.17, 15) is 4.79 Å². The van der Waals surface area contributed by atoms with Gasteiger partial charge in [0.2, 0.25) is 0 Å². The third-order valence-electron chi connectivity index (χ3n) is 4.32. The first-order valence-electron chi connectivity index (χ1n) is 6.95. The van der Waals surface area contributed by atoms with E-state index in [1.54, 1.807) is 0 Å². The van der Waals surface area contributed by atoms with E-state index in [2.05, 4.69) is 42.2 Å². The Balaban J connectivity index is 2.50. The number of rotatable bonds is 4. The van der Waals surface area contributed by atoms with E-state index in [-0.39, 0.29) is 12.0 Å². The van der Waals surface area contributed by atoms with Crippen molar-refractivity contribution in [2.75, 3.05) is 48.4 Å². The van der Waals surface area contributed by atoms with Gasteiger partial charge in [-0.05, 0) is 19.8 Å². The molecule has 1 aliphatic heterocycles. The molecule has 0 unspecified atom stereocenters. The highest BCUT2D eigenvalue weighted by atomic mass is 16.5. The van der Waals surface area contributed by atoms with Crippen LogP contribution < -0.4 is 0 Å². The molecule has 1 aliphatic rings. The second-order valence-corrected chi connectivity index (χ2v) is 7.11. The van der Waals surface area contributed by atoms with Gasteiger partial charge in [0.15, 0.2) is 6.04 Å². The number of nitrogens with zero attached hydrogens (tertiary/aromatic N) is 2. The summed E-state index contributed by atoms with van der Waals surface area (Å²) < 4.78 is 7.06. The summed E-state index contributed by atoms with van der Waals surface area (Å²) in [6.07, 6.45) is 3.30. The average molecular weight is 258 g/mol. The number of hydrogen-bond acceptors (Lipinski definition) is 2. The molecule has 18 heavy (non-hydrogen) atoms. The molecule has 1 saturated heterocycles. The minimum Gasteiger partial charge on any atom is -0.455 e. The summed E-state index contributed by atoms with van der Waals surface area (Å²) in [4.78, 5) is 12.2. The summed E-state index contributed by atoms with van der Waals surface area (Å²) in [6, 6.07) is 0.552. The van der Waals surface area contributed by atoms with Crippen molar-refractivity contribution in [3.8, 4) is 0 Å². The number of carbonyl (C=O) groups is 1. The maximum absolute atomic E-state index is 12.2. The largest absolute Gasteiger partial charge is 0.455 e. The molecule has 0 aliphatic carbocycles. The summed E-state index contributed by atoms with van der Waals surface area (Å²) in [5.41, 5.74) is 0. The van der Waals surface area contributed by atoms with Gasteiger partial charge in [0.05, 0.1) is 41.3 Å². The zero-order chi connectivity index (χ0) is 14.0. The van der Waals surface area contributed by atoms with E-state index in [0.29, 0.717) is 12.6 Å². The van der Waals surface area contributed by atoms with Crippen LogP contribution in [0.4, 0.5) is 0 Å². The quantitative estimate of drug-likeness (QED) is 0.560. The van der Waals surface area contributed by atoms with Gasteiger partial charge in [-0.25, -0.2) is 4.79 Å². The molecule has 0 radical (unpaired) electrons. The normalized spacial score (nSPS) is 27.9. The van der Waals surface area contributed by atoms with Crippen LogP contribution >= 0.6 is 0 Å². The minimum absolute atomic E-state index is 0.0139. The predicted octanol–water partition coefficient (Wildman–Crippen LogP) is 1.25. The van der Waals surface area contributed by atoms with E-state index in [4.69, 9.17) is 4.74 Å². The van der Waals surface area contributed by atoms with Crippen LogP contribution in [0, 0.1) is 0 Å². The number of esters is 1. The van der Waals surface area contributed by atoms with Crippen LogP contribution in [0.5, 0.6) is 0 Å². The zero-order valence-electron chi connectivity index (χ0n) is 12.9. The molecule has 0 bridgehead atoms. The number of hydrogen-bond donors (Lipinski definition) is 0. The summed E-state index contributed by atoms with van der Waals surface area (Å²) in [5.74, 6) is -0.0139. The van der Waals surface area contributed by atoms with Crippen molar-refractivity contribution in [2.45, 2.75) is 38.3 Å². The average Bonchev–Trinajstić information content (AvgIpc) is 2.19. The molecular weight excluding hydrogens is 228 g/mol. The van der Waals surface area contributed by atoms with E-state index in [1.165, 1.54) is 6.42 Å². The summed E-state index contributed by atoms with van der Waals surface area (Å²) in [7, 11) is 10.6. The lowest BCUT2D eigenvalue weighted by Gasteiger charge is -2.44. The standard InChI is InChI=1S/C14H30N2O2/c1-12-8-7-9-13(16(12,5)6)14(17)18-11-10-15(2,3)4/h12-13H,7-11H2,1-6H3/q+2/t12-,13-/m0/s1. The molecule has 4 heteroatoms. The smallest absolute Gasteiger partial charge is 0.365 e. The van der Waals surface area contributed by atoms with Crippen molar-refractivity contribution in [1.82, 2.24) is 0 Å². The lowest BCUT2D eigenvalue weighted by atomic mass is 9.94. The third-order valence-corrected chi connectivity index (χ3v) is 4.32. The highest BCUT2D eigenvalue weighted by Gasteiger charge is 2.42. The molecule has 106 valence electrons. The fourth-order valence-electron chi connectivity index (χ4n) is 2.49. The Kier molecular flexibility index (Phi) is 4.78. The van der Waals surface area contributed by atoms with Crippen molar-refractivity contribution in [1.29, 1.82) is 0 Å². The number of quaternary nitrogens is 2. The molecule has 0 spiro atoms. The van der Waals surface area contributed by atoms with Gasteiger partial charge in [0, 0.05) is 6.42 Å². The van der Waals surface area contributed by atoms with Crippen LogP contribution in [-0.2, 0) is 9.53 Å². The van der Waals surface area contributed by atoms with Gasteiger partial charge in [-0.3, -0.25) is 0 Å². The third kappa shape index (κ3) is 3.95. The molecule has 0 amide bonds.